The molecule has 0 unspecified atom stereocenters. The van der Waals surface area contributed by atoms with E-state index in [0.717, 1.165) is 12.3 Å². The third-order valence-corrected chi connectivity index (χ3v) is 3.51. The number of sulfonamides is 1. The quantitative estimate of drug-likeness (QED) is 0.457. The summed E-state index contributed by atoms with van der Waals surface area (Å²) in [4.78, 5) is 12.5. The van der Waals surface area contributed by atoms with Crippen molar-refractivity contribution in [2.75, 3.05) is 0 Å². The fourth-order valence-corrected chi connectivity index (χ4v) is 2.89. The smallest absolute Gasteiger partial charge is 0.358 e. The highest BCUT2D eigenvalue weighted by molar-refractivity contribution is 9.39. The van der Waals surface area contributed by atoms with Gasteiger partial charge in [-0.3, -0.25) is 0 Å². The van der Waals surface area contributed by atoms with Crippen molar-refractivity contribution in [3.8, 4) is 0 Å². The minimum absolute atomic E-state index is 0.0850. The zero-order chi connectivity index (χ0) is 12.3. The SMILES string of the molecule is O=[N+]([O-])c1ncccc1S(=O)(=O)N=C(Br)Br. The molecule has 16 heavy (non-hydrogen) atoms. The van der Waals surface area contributed by atoms with Crippen LogP contribution in [0.2, 0.25) is 0 Å². The van der Waals surface area contributed by atoms with Gasteiger partial charge >= 0.3 is 5.82 Å². The van der Waals surface area contributed by atoms with Crippen LogP contribution in [0.4, 0.5) is 5.82 Å². The van der Waals surface area contributed by atoms with Crippen molar-refractivity contribution in [2.24, 2.45) is 4.40 Å². The standard InChI is InChI=1S/C6H3Br2N3O4S/c7-6(8)10-16(14,15)4-2-1-3-9-5(4)11(12)13/h1-3H. The fourth-order valence-electron chi connectivity index (χ4n) is 0.861. The summed E-state index contributed by atoms with van der Waals surface area (Å²) in [7, 11) is -4.15. The fraction of sp³-hybridized carbons (Fsp3) is 0. The van der Waals surface area contributed by atoms with Crippen LogP contribution in [0.5, 0.6) is 0 Å². The van der Waals surface area contributed by atoms with Crippen molar-refractivity contribution in [3.05, 3.63) is 28.4 Å². The molecule has 1 aromatic heterocycles. The van der Waals surface area contributed by atoms with E-state index in [9.17, 15) is 18.5 Å². The van der Waals surface area contributed by atoms with Gasteiger partial charge in [-0.25, -0.2) is 0 Å². The highest BCUT2D eigenvalue weighted by Crippen LogP contribution is 2.23. The molecule has 86 valence electrons. The van der Waals surface area contributed by atoms with Gasteiger partial charge in [0.05, 0.1) is 0 Å². The van der Waals surface area contributed by atoms with Crippen LogP contribution in [0.25, 0.3) is 0 Å². The molecule has 0 saturated heterocycles. The van der Waals surface area contributed by atoms with E-state index in [4.69, 9.17) is 0 Å². The molecule has 1 heterocycles. The first-order valence-corrected chi connectivity index (χ1v) is 6.62. The van der Waals surface area contributed by atoms with Crippen molar-refractivity contribution in [2.45, 2.75) is 4.90 Å². The first kappa shape index (κ1) is 13.2. The van der Waals surface area contributed by atoms with Gasteiger partial charge in [-0.2, -0.15) is 8.42 Å². The van der Waals surface area contributed by atoms with E-state index < -0.39 is 25.7 Å². The maximum atomic E-state index is 11.6. The molecule has 0 fully saturated rings. The molecule has 0 bridgehead atoms. The molecular weight excluding hydrogens is 370 g/mol. The molecule has 1 aromatic rings. The summed E-state index contributed by atoms with van der Waals surface area (Å²) >= 11 is 5.53. The highest BCUT2D eigenvalue weighted by Gasteiger charge is 2.26. The van der Waals surface area contributed by atoms with E-state index in [1.807, 2.05) is 0 Å². The predicted molar refractivity (Wildman–Crippen MR) is 63.4 cm³/mol. The maximum absolute atomic E-state index is 11.6. The average Bonchev–Trinajstić information content (AvgIpc) is 2.15. The number of hydrogen-bond donors (Lipinski definition) is 0. The van der Waals surface area contributed by atoms with Gasteiger partial charge < -0.3 is 10.1 Å². The lowest BCUT2D eigenvalue weighted by Gasteiger charge is -1.99. The summed E-state index contributed by atoms with van der Waals surface area (Å²) in [5.74, 6) is -0.757. The minimum Gasteiger partial charge on any atom is -0.358 e. The Hall–Kier alpha value is -0.870. The molecule has 1 rings (SSSR count). The summed E-state index contributed by atoms with van der Waals surface area (Å²) in [6.07, 6.45) is 1.13. The summed E-state index contributed by atoms with van der Waals surface area (Å²) in [6, 6.07) is 2.34. The molecule has 0 N–H and O–H groups in total. The van der Waals surface area contributed by atoms with E-state index in [1.54, 1.807) is 0 Å². The van der Waals surface area contributed by atoms with Crippen molar-refractivity contribution in [1.29, 1.82) is 0 Å². The van der Waals surface area contributed by atoms with E-state index in [0.29, 0.717) is 0 Å². The van der Waals surface area contributed by atoms with E-state index in [2.05, 4.69) is 41.2 Å². The van der Waals surface area contributed by atoms with Gasteiger partial charge in [-0.15, -0.1) is 4.40 Å². The van der Waals surface area contributed by atoms with Crippen LogP contribution in [0.3, 0.4) is 0 Å². The molecule has 0 spiro atoms. The Balaban J connectivity index is 3.45. The first-order chi connectivity index (χ1) is 7.34. The molecule has 0 aliphatic rings. The lowest BCUT2D eigenvalue weighted by atomic mass is 10.5. The van der Waals surface area contributed by atoms with Gasteiger partial charge in [0.25, 0.3) is 10.0 Å². The van der Waals surface area contributed by atoms with Gasteiger partial charge in [0, 0.05) is 0 Å². The molecule has 10 heteroatoms. The van der Waals surface area contributed by atoms with Crippen molar-refractivity contribution in [3.63, 3.8) is 0 Å². The number of nitro groups is 1. The molecule has 0 radical (unpaired) electrons. The van der Waals surface area contributed by atoms with E-state index >= 15 is 0 Å². The largest absolute Gasteiger partial charge is 0.384 e. The Morgan fingerprint density at radius 3 is 2.62 bits per heavy atom. The van der Waals surface area contributed by atoms with Crippen LogP contribution in [0.1, 0.15) is 0 Å². The van der Waals surface area contributed by atoms with E-state index in [-0.39, 0.29) is 3.53 Å². The van der Waals surface area contributed by atoms with Gasteiger partial charge in [0.15, 0.2) is 8.43 Å². The highest BCUT2D eigenvalue weighted by atomic mass is 79.9. The molecule has 0 atom stereocenters. The number of aromatic nitrogens is 1. The lowest BCUT2D eigenvalue weighted by molar-refractivity contribution is -0.392. The summed E-state index contributed by atoms with van der Waals surface area (Å²) in [6.45, 7) is 0. The molecule has 0 aliphatic carbocycles. The second-order valence-electron chi connectivity index (χ2n) is 2.39. The second-order valence-corrected chi connectivity index (χ2v) is 6.53. The van der Waals surface area contributed by atoms with E-state index in [1.165, 1.54) is 6.07 Å². The van der Waals surface area contributed by atoms with Gasteiger partial charge in [0.1, 0.15) is 6.20 Å². The minimum atomic E-state index is -4.15. The van der Waals surface area contributed by atoms with Crippen molar-refractivity contribution in [1.82, 2.24) is 4.98 Å². The number of halogens is 2. The Bertz CT molecular complexity index is 553. The van der Waals surface area contributed by atoms with Crippen LogP contribution in [0, 0.1) is 10.1 Å². The van der Waals surface area contributed by atoms with Crippen LogP contribution >= 0.6 is 31.9 Å². The summed E-state index contributed by atoms with van der Waals surface area (Å²) < 4.78 is 26.3. The van der Waals surface area contributed by atoms with Gasteiger partial charge in [-0.05, 0) is 53.9 Å². The Morgan fingerprint density at radius 2 is 2.12 bits per heavy atom. The third kappa shape index (κ3) is 3.06. The van der Waals surface area contributed by atoms with Crippen LogP contribution in [-0.4, -0.2) is 21.9 Å². The third-order valence-electron chi connectivity index (χ3n) is 1.39. The molecule has 0 amide bonds. The predicted octanol–water partition coefficient (Wildman–Crippen LogP) is 1.82. The zero-order valence-electron chi connectivity index (χ0n) is 7.37. The molecule has 7 nitrogen and oxygen atoms in total. The maximum Gasteiger partial charge on any atom is 0.384 e. The molecule has 0 saturated carbocycles. The Morgan fingerprint density at radius 1 is 1.50 bits per heavy atom. The Kier molecular flexibility index (Phi) is 4.10. The van der Waals surface area contributed by atoms with Gasteiger partial charge in [-0.1, -0.05) is 0 Å². The monoisotopic (exact) mass is 371 g/mol. The Labute approximate surface area is 107 Å². The second kappa shape index (κ2) is 4.97. The number of hydrogen-bond acceptors (Lipinski definition) is 5. The molecular formula is C6H3Br2N3O4S. The van der Waals surface area contributed by atoms with Crippen molar-refractivity contribution < 1.29 is 13.3 Å². The lowest BCUT2D eigenvalue weighted by Crippen LogP contribution is -2.04. The van der Waals surface area contributed by atoms with Crippen molar-refractivity contribution >= 4 is 51.2 Å². The van der Waals surface area contributed by atoms with Crippen LogP contribution in [-0.2, 0) is 10.0 Å². The number of pyridine rings is 1. The average molecular weight is 373 g/mol. The molecule has 0 aliphatic heterocycles. The first-order valence-electron chi connectivity index (χ1n) is 3.60. The zero-order valence-corrected chi connectivity index (χ0v) is 11.4. The summed E-state index contributed by atoms with van der Waals surface area (Å²) in [5.41, 5.74) is 0. The summed E-state index contributed by atoms with van der Waals surface area (Å²) in [5, 5.41) is 10.6. The van der Waals surface area contributed by atoms with Gasteiger partial charge in [0.2, 0.25) is 0 Å². The van der Waals surface area contributed by atoms with Crippen LogP contribution in [0.15, 0.2) is 27.6 Å². The van der Waals surface area contributed by atoms with Crippen LogP contribution < -0.4 is 0 Å². The number of nitrogens with zero attached hydrogens (tertiary/aromatic N) is 3. The number of rotatable bonds is 3. The molecule has 0 aromatic carbocycles. The topological polar surface area (TPSA) is 103 Å². The normalized spacial score (nSPS) is 10.9.